The molecule has 0 amide bonds. The maximum Gasteiger partial charge on any atom is 0.119 e. The molecule has 1 N–H and O–H groups in total. The van der Waals surface area contributed by atoms with Gasteiger partial charge in [0.2, 0.25) is 0 Å². The molecule has 14 heavy (non-hydrogen) atoms. The van der Waals surface area contributed by atoms with Gasteiger partial charge in [-0.05, 0) is 37.1 Å². The summed E-state index contributed by atoms with van der Waals surface area (Å²) in [5, 5.41) is 9.09. The highest BCUT2D eigenvalue weighted by molar-refractivity contribution is 5.55. The summed E-state index contributed by atoms with van der Waals surface area (Å²) >= 11 is 0. The molecule has 0 fully saturated rings. The molecule has 1 atom stereocenters. The van der Waals surface area contributed by atoms with Gasteiger partial charge in [0, 0.05) is 0 Å². The van der Waals surface area contributed by atoms with Crippen molar-refractivity contribution in [2.24, 2.45) is 0 Å². The fourth-order valence-corrected chi connectivity index (χ4v) is 1.21. The van der Waals surface area contributed by atoms with Crippen molar-refractivity contribution in [2.45, 2.75) is 20.0 Å². The summed E-state index contributed by atoms with van der Waals surface area (Å²) in [6.45, 7) is 3.75. The smallest absolute Gasteiger partial charge is 0.119 e. The molecule has 1 aromatic carbocycles. The van der Waals surface area contributed by atoms with E-state index >= 15 is 0 Å². The zero-order chi connectivity index (χ0) is 10.6. The molecule has 0 aliphatic rings. The number of hydrogen-bond donors (Lipinski definition) is 1. The third-order valence-electron chi connectivity index (χ3n) is 2.03. The van der Waals surface area contributed by atoms with Crippen LogP contribution >= 0.6 is 0 Å². The van der Waals surface area contributed by atoms with Gasteiger partial charge in [0.1, 0.15) is 5.75 Å². The summed E-state index contributed by atoms with van der Waals surface area (Å²) in [5.74, 6) is 0.858. The van der Waals surface area contributed by atoms with Crippen LogP contribution < -0.4 is 4.74 Å². The molecule has 2 nitrogen and oxygen atoms in total. The summed E-state index contributed by atoms with van der Waals surface area (Å²) in [4.78, 5) is 0. The lowest BCUT2D eigenvalue weighted by molar-refractivity contribution is 0.245. The van der Waals surface area contributed by atoms with Crippen molar-refractivity contribution < 1.29 is 9.84 Å². The number of aliphatic hydroxyl groups is 1. The van der Waals surface area contributed by atoms with E-state index in [2.05, 4.69) is 0 Å². The van der Waals surface area contributed by atoms with E-state index in [1.54, 1.807) is 20.1 Å². The zero-order valence-corrected chi connectivity index (χ0v) is 8.82. The molecule has 2 heteroatoms. The number of rotatable bonds is 3. The van der Waals surface area contributed by atoms with E-state index in [1.807, 2.05) is 31.2 Å². The second-order valence-corrected chi connectivity index (χ2v) is 3.32. The standard InChI is InChI=1S/C12H16O2/c1-9-8-12(14-3)7-6-11(9)5-4-10(2)13/h4-8,10,13H,1-3H3/b5-4+/t10-/m0/s1. The van der Waals surface area contributed by atoms with Gasteiger partial charge < -0.3 is 9.84 Å². The first kappa shape index (κ1) is 10.8. The van der Waals surface area contributed by atoms with Crippen LogP contribution in [0.25, 0.3) is 6.08 Å². The van der Waals surface area contributed by atoms with Gasteiger partial charge in [-0.25, -0.2) is 0 Å². The van der Waals surface area contributed by atoms with Gasteiger partial charge in [0.25, 0.3) is 0 Å². The summed E-state index contributed by atoms with van der Waals surface area (Å²) in [5.41, 5.74) is 2.24. The van der Waals surface area contributed by atoms with Crippen LogP contribution in [-0.2, 0) is 0 Å². The summed E-state index contributed by atoms with van der Waals surface area (Å²) < 4.78 is 5.10. The average molecular weight is 192 g/mol. The summed E-state index contributed by atoms with van der Waals surface area (Å²) in [6.07, 6.45) is 3.27. The van der Waals surface area contributed by atoms with E-state index < -0.39 is 6.10 Å². The lowest BCUT2D eigenvalue weighted by atomic mass is 10.1. The van der Waals surface area contributed by atoms with E-state index in [-0.39, 0.29) is 0 Å². The summed E-state index contributed by atoms with van der Waals surface area (Å²) in [6, 6.07) is 5.86. The molecule has 1 rings (SSSR count). The van der Waals surface area contributed by atoms with Crippen molar-refractivity contribution in [1.82, 2.24) is 0 Å². The normalized spacial score (nSPS) is 13.1. The Kier molecular flexibility index (Phi) is 3.72. The van der Waals surface area contributed by atoms with Gasteiger partial charge in [0.15, 0.2) is 0 Å². The molecular weight excluding hydrogens is 176 g/mol. The van der Waals surface area contributed by atoms with Crippen LogP contribution in [0.2, 0.25) is 0 Å². The number of aliphatic hydroxyl groups excluding tert-OH is 1. The minimum atomic E-state index is -0.406. The van der Waals surface area contributed by atoms with Crippen LogP contribution in [0.4, 0.5) is 0 Å². The van der Waals surface area contributed by atoms with Crippen LogP contribution in [0, 0.1) is 6.92 Å². The van der Waals surface area contributed by atoms with Crippen LogP contribution in [0.15, 0.2) is 24.3 Å². The Morgan fingerprint density at radius 1 is 1.43 bits per heavy atom. The van der Waals surface area contributed by atoms with Crippen molar-refractivity contribution in [2.75, 3.05) is 7.11 Å². The summed E-state index contributed by atoms with van der Waals surface area (Å²) in [7, 11) is 1.65. The number of methoxy groups -OCH3 is 1. The Morgan fingerprint density at radius 2 is 2.14 bits per heavy atom. The molecule has 0 saturated carbocycles. The molecule has 76 valence electrons. The van der Waals surface area contributed by atoms with E-state index in [4.69, 9.17) is 9.84 Å². The molecule has 0 spiro atoms. The predicted molar refractivity (Wildman–Crippen MR) is 58.4 cm³/mol. The second-order valence-electron chi connectivity index (χ2n) is 3.32. The minimum absolute atomic E-state index is 0.406. The zero-order valence-electron chi connectivity index (χ0n) is 8.82. The maximum absolute atomic E-state index is 9.09. The van der Waals surface area contributed by atoms with Crippen LogP contribution in [0.5, 0.6) is 5.75 Å². The topological polar surface area (TPSA) is 29.5 Å². The van der Waals surface area contributed by atoms with E-state index in [1.165, 1.54) is 0 Å². The first-order valence-corrected chi connectivity index (χ1v) is 4.64. The van der Waals surface area contributed by atoms with Crippen molar-refractivity contribution in [3.63, 3.8) is 0 Å². The Hall–Kier alpha value is -1.28. The number of aryl methyl sites for hydroxylation is 1. The molecular formula is C12H16O2. The highest BCUT2D eigenvalue weighted by Crippen LogP contribution is 2.17. The molecule has 0 bridgehead atoms. The lowest BCUT2D eigenvalue weighted by Gasteiger charge is -2.04. The number of hydrogen-bond acceptors (Lipinski definition) is 2. The van der Waals surface area contributed by atoms with E-state index in [0.29, 0.717) is 0 Å². The Bertz CT molecular complexity index is 327. The molecule has 0 aliphatic heterocycles. The van der Waals surface area contributed by atoms with Crippen LogP contribution in [-0.4, -0.2) is 18.3 Å². The first-order chi connectivity index (χ1) is 6.63. The molecule has 0 aliphatic carbocycles. The van der Waals surface area contributed by atoms with Gasteiger partial charge in [-0.2, -0.15) is 0 Å². The Morgan fingerprint density at radius 3 is 2.64 bits per heavy atom. The third-order valence-corrected chi connectivity index (χ3v) is 2.03. The van der Waals surface area contributed by atoms with Crippen LogP contribution in [0.1, 0.15) is 18.1 Å². The Labute approximate surface area is 84.8 Å². The first-order valence-electron chi connectivity index (χ1n) is 4.64. The SMILES string of the molecule is COc1ccc(/C=C/[C@H](C)O)c(C)c1. The second kappa shape index (κ2) is 4.82. The fraction of sp³-hybridized carbons (Fsp3) is 0.333. The molecule has 0 heterocycles. The Balaban J connectivity index is 2.89. The van der Waals surface area contributed by atoms with Crippen molar-refractivity contribution in [3.05, 3.63) is 35.4 Å². The highest BCUT2D eigenvalue weighted by Gasteiger charge is 1.97. The van der Waals surface area contributed by atoms with Gasteiger partial charge in [-0.3, -0.25) is 0 Å². The van der Waals surface area contributed by atoms with Crippen molar-refractivity contribution in [3.8, 4) is 5.75 Å². The van der Waals surface area contributed by atoms with Gasteiger partial charge >= 0.3 is 0 Å². The maximum atomic E-state index is 9.09. The van der Waals surface area contributed by atoms with Crippen molar-refractivity contribution in [1.29, 1.82) is 0 Å². The molecule has 0 radical (unpaired) electrons. The molecule has 1 aromatic rings. The van der Waals surface area contributed by atoms with E-state index in [0.717, 1.165) is 16.9 Å². The number of benzene rings is 1. The highest BCUT2D eigenvalue weighted by atomic mass is 16.5. The van der Waals surface area contributed by atoms with Crippen LogP contribution in [0.3, 0.4) is 0 Å². The average Bonchev–Trinajstić information content (AvgIpc) is 2.15. The quantitative estimate of drug-likeness (QED) is 0.796. The molecule has 0 aromatic heterocycles. The van der Waals surface area contributed by atoms with E-state index in [9.17, 15) is 0 Å². The predicted octanol–water partition coefficient (Wildman–Crippen LogP) is 2.40. The third kappa shape index (κ3) is 2.89. The van der Waals surface area contributed by atoms with Gasteiger partial charge in [0.05, 0.1) is 13.2 Å². The molecule has 0 saturated heterocycles. The van der Waals surface area contributed by atoms with Gasteiger partial charge in [-0.15, -0.1) is 0 Å². The minimum Gasteiger partial charge on any atom is -0.497 e. The van der Waals surface area contributed by atoms with Gasteiger partial charge in [-0.1, -0.05) is 18.2 Å². The fourth-order valence-electron chi connectivity index (χ4n) is 1.21. The molecule has 0 unspecified atom stereocenters. The lowest BCUT2D eigenvalue weighted by Crippen LogP contribution is -1.92. The monoisotopic (exact) mass is 192 g/mol. The van der Waals surface area contributed by atoms with Crippen molar-refractivity contribution >= 4 is 6.08 Å². The number of ether oxygens (including phenoxy) is 1. The largest absolute Gasteiger partial charge is 0.497 e.